The number of methoxy groups -OCH3 is 1. The Kier molecular flexibility index (Phi) is 3.69. The fraction of sp³-hybridized carbons (Fsp3) is 0.385. The van der Waals surface area contributed by atoms with Crippen LogP contribution in [0.3, 0.4) is 0 Å². The number of rotatable bonds is 5. The van der Waals surface area contributed by atoms with Crippen molar-refractivity contribution < 1.29 is 23.8 Å². The maximum atomic E-state index is 12.3. The summed E-state index contributed by atoms with van der Waals surface area (Å²) in [4.78, 5) is 24.2. The first-order valence-electron chi connectivity index (χ1n) is 5.86. The molecule has 0 radical (unpaired) electrons. The zero-order valence-electron chi connectivity index (χ0n) is 10.4. The summed E-state index contributed by atoms with van der Waals surface area (Å²) in [5.41, 5.74) is 0.480. The van der Waals surface area contributed by atoms with Gasteiger partial charge >= 0.3 is 5.97 Å². The molecule has 2 rings (SSSR count). The minimum atomic E-state index is -1.12. The predicted molar refractivity (Wildman–Crippen MR) is 66.0 cm³/mol. The highest BCUT2D eigenvalue weighted by molar-refractivity contribution is 6.10. The maximum Gasteiger partial charge on any atom is 0.327 e. The van der Waals surface area contributed by atoms with Crippen molar-refractivity contribution in [2.75, 3.05) is 18.7 Å². The molecule has 102 valence electrons. The molecule has 19 heavy (non-hydrogen) atoms. The molecule has 1 aliphatic heterocycles. The number of carbonyl (C=O) groups is 2. The van der Waals surface area contributed by atoms with E-state index >= 15 is 0 Å². The van der Waals surface area contributed by atoms with Gasteiger partial charge in [0.15, 0.2) is 0 Å². The first-order valence-corrected chi connectivity index (χ1v) is 5.86. The first kappa shape index (κ1) is 13.3. The highest BCUT2D eigenvalue weighted by Crippen LogP contribution is 2.35. The average Bonchev–Trinajstić information content (AvgIpc) is 2.41. The molecule has 1 N–H and O–H groups in total. The minimum Gasteiger partial charge on any atom is -0.497 e. The number of carboxylic acids is 1. The molecule has 0 aromatic heterocycles. The number of hydrogen-bond donors (Lipinski definition) is 1. The second-order valence-corrected chi connectivity index (χ2v) is 4.27. The fourth-order valence-corrected chi connectivity index (χ4v) is 2.26. The second kappa shape index (κ2) is 5.26. The molecule has 1 amide bonds. The van der Waals surface area contributed by atoms with E-state index in [9.17, 15) is 14.0 Å². The Morgan fingerprint density at radius 3 is 2.53 bits per heavy atom. The van der Waals surface area contributed by atoms with Gasteiger partial charge in [0.25, 0.3) is 0 Å². The number of carboxylic acid groups (broad SMARTS) is 1. The molecule has 1 aromatic carbocycles. The largest absolute Gasteiger partial charge is 0.497 e. The quantitative estimate of drug-likeness (QED) is 0.820. The Hall–Kier alpha value is -2.11. The number of aliphatic carboxylic acids is 1. The summed E-state index contributed by atoms with van der Waals surface area (Å²) in [7, 11) is 1.52. The van der Waals surface area contributed by atoms with Crippen LogP contribution in [0.25, 0.3) is 0 Å². The molecule has 2 atom stereocenters. The number of carbonyl (C=O) groups excluding carboxylic acids is 1. The molecule has 0 aliphatic carbocycles. The normalized spacial score (nSPS) is 22.0. The Labute approximate surface area is 109 Å². The lowest BCUT2D eigenvalue weighted by atomic mass is 9.84. The smallest absolute Gasteiger partial charge is 0.327 e. The lowest BCUT2D eigenvalue weighted by Gasteiger charge is -2.44. The van der Waals surface area contributed by atoms with E-state index in [1.54, 1.807) is 24.3 Å². The van der Waals surface area contributed by atoms with Crippen LogP contribution < -0.4 is 9.64 Å². The lowest BCUT2D eigenvalue weighted by molar-refractivity contribution is -0.149. The van der Waals surface area contributed by atoms with E-state index in [1.165, 1.54) is 12.0 Å². The van der Waals surface area contributed by atoms with Gasteiger partial charge in [0.1, 0.15) is 11.8 Å². The summed E-state index contributed by atoms with van der Waals surface area (Å²) in [5, 5.41) is 9.14. The van der Waals surface area contributed by atoms with Gasteiger partial charge < -0.3 is 9.84 Å². The summed E-state index contributed by atoms with van der Waals surface area (Å²) >= 11 is 0. The van der Waals surface area contributed by atoms with Crippen LogP contribution in [0.5, 0.6) is 5.75 Å². The SMILES string of the molecule is COc1ccc(N2C(=O)[C@H](CCF)[C@H]2C(=O)O)cc1. The van der Waals surface area contributed by atoms with E-state index in [1.807, 2.05) is 0 Å². The van der Waals surface area contributed by atoms with Crippen molar-refractivity contribution in [2.45, 2.75) is 12.5 Å². The third-order valence-corrected chi connectivity index (χ3v) is 3.24. The Morgan fingerprint density at radius 1 is 1.42 bits per heavy atom. The van der Waals surface area contributed by atoms with Crippen molar-refractivity contribution in [3.05, 3.63) is 24.3 Å². The molecular weight excluding hydrogens is 253 g/mol. The molecule has 1 fully saturated rings. The summed E-state index contributed by atoms with van der Waals surface area (Å²) in [6, 6.07) is 5.52. The van der Waals surface area contributed by atoms with Crippen molar-refractivity contribution in [1.29, 1.82) is 0 Å². The van der Waals surface area contributed by atoms with Gasteiger partial charge in [-0.25, -0.2) is 4.79 Å². The van der Waals surface area contributed by atoms with Gasteiger partial charge in [-0.3, -0.25) is 14.1 Å². The molecule has 6 heteroatoms. The highest BCUT2D eigenvalue weighted by atomic mass is 19.1. The topological polar surface area (TPSA) is 66.8 Å². The van der Waals surface area contributed by atoms with E-state index in [4.69, 9.17) is 9.84 Å². The van der Waals surface area contributed by atoms with Crippen molar-refractivity contribution in [3.8, 4) is 5.75 Å². The van der Waals surface area contributed by atoms with E-state index in [0.29, 0.717) is 11.4 Å². The molecule has 1 heterocycles. The van der Waals surface area contributed by atoms with Crippen LogP contribution in [-0.4, -0.2) is 36.8 Å². The highest BCUT2D eigenvalue weighted by Gasteiger charge is 2.51. The lowest BCUT2D eigenvalue weighted by Crippen LogP contribution is -2.64. The van der Waals surface area contributed by atoms with Gasteiger partial charge in [-0.15, -0.1) is 0 Å². The molecule has 5 nitrogen and oxygen atoms in total. The van der Waals surface area contributed by atoms with E-state index in [2.05, 4.69) is 0 Å². The summed E-state index contributed by atoms with van der Waals surface area (Å²) < 4.78 is 17.3. The number of alkyl halides is 1. The van der Waals surface area contributed by atoms with Crippen LogP contribution in [0, 0.1) is 5.92 Å². The monoisotopic (exact) mass is 267 g/mol. The van der Waals surface area contributed by atoms with Crippen LogP contribution in [0.15, 0.2) is 24.3 Å². The summed E-state index contributed by atoms with van der Waals surface area (Å²) in [6.45, 7) is -0.698. The summed E-state index contributed by atoms with van der Waals surface area (Å²) in [5.74, 6) is -1.63. The van der Waals surface area contributed by atoms with Crippen LogP contribution in [0.1, 0.15) is 6.42 Å². The number of hydrogen-bond acceptors (Lipinski definition) is 3. The van der Waals surface area contributed by atoms with Gasteiger partial charge in [-0.2, -0.15) is 0 Å². The average molecular weight is 267 g/mol. The van der Waals surface area contributed by atoms with Crippen LogP contribution in [0.4, 0.5) is 10.1 Å². The third-order valence-electron chi connectivity index (χ3n) is 3.24. The number of ether oxygens (including phenoxy) is 1. The van der Waals surface area contributed by atoms with Crippen LogP contribution in [-0.2, 0) is 9.59 Å². The third kappa shape index (κ3) is 2.25. The minimum absolute atomic E-state index is 0.0531. The van der Waals surface area contributed by atoms with Gasteiger partial charge in [-0.05, 0) is 30.7 Å². The molecule has 1 aliphatic rings. The standard InChI is InChI=1S/C13H14FNO4/c1-19-9-4-2-8(3-5-9)15-11(13(17)18)10(6-7-14)12(15)16/h2-5,10-11H,6-7H2,1H3,(H,17,18)/t10-,11+/m1/s1. The zero-order valence-corrected chi connectivity index (χ0v) is 10.4. The molecule has 0 spiro atoms. The molecular formula is C13H14FNO4. The van der Waals surface area contributed by atoms with Crippen molar-refractivity contribution in [2.24, 2.45) is 5.92 Å². The van der Waals surface area contributed by atoms with E-state index in [0.717, 1.165) is 0 Å². The van der Waals surface area contributed by atoms with Crippen LogP contribution >= 0.6 is 0 Å². The molecule has 1 aromatic rings. The fourth-order valence-electron chi connectivity index (χ4n) is 2.26. The van der Waals surface area contributed by atoms with Crippen molar-refractivity contribution in [3.63, 3.8) is 0 Å². The van der Waals surface area contributed by atoms with Crippen LogP contribution in [0.2, 0.25) is 0 Å². The Balaban J connectivity index is 2.23. The first-order chi connectivity index (χ1) is 9.10. The number of anilines is 1. The van der Waals surface area contributed by atoms with Gasteiger partial charge in [0.05, 0.1) is 19.7 Å². The number of β-lactam (4-membered cyclic amide) rings is 1. The number of benzene rings is 1. The number of halogens is 1. The molecule has 1 saturated heterocycles. The van der Waals surface area contributed by atoms with Crippen molar-refractivity contribution >= 4 is 17.6 Å². The van der Waals surface area contributed by atoms with Crippen molar-refractivity contribution in [1.82, 2.24) is 0 Å². The van der Waals surface area contributed by atoms with E-state index < -0.39 is 24.6 Å². The molecule has 0 saturated carbocycles. The zero-order chi connectivity index (χ0) is 14.0. The molecule has 0 bridgehead atoms. The van der Waals surface area contributed by atoms with Gasteiger partial charge in [0, 0.05) is 5.69 Å². The maximum absolute atomic E-state index is 12.3. The number of nitrogens with zero attached hydrogens (tertiary/aromatic N) is 1. The Bertz CT molecular complexity index is 488. The summed E-state index contributed by atoms with van der Waals surface area (Å²) in [6.07, 6.45) is -0.0531. The van der Waals surface area contributed by atoms with Gasteiger partial charge in [0.2, 0.25) is 5.91 Å². The second-order valence-electron chi connectivity index (χ2n) is 4.27. The molecule has 0 unspecified atom stereocenters. The predicted octanol–water partition coefficient (Wildman–Crippen LogP) is 1.47. The van der Waals surface area contributed by atoms with Gasteiger partial charge in [-0.1, -0.05) is 0 Å². The Morgan fingerprint density at radius 2 is 2.05 bits per heavy atom. The van der Waals surface area contributed by atoms with E-state index in [-0.39, 0.29) is 12.3 Å². The number of amides is 1.